The maximum absolute atomic E-state index is 12.2. The van der Waals surface area contributed by atoms with E-state index in [1.807, 2.05) is 13.8 Å². The molecule has 0 saturated carbocycles. The molecule has 0 saturated heterocycles. The van der Waals surface area contributed by atoms with E-state index in [4.69, 9.17) is 5.73 Å². The first-order valence-corrected chi connectivity index (χ1v) is 7.86. The van der Waals surface area contributed by atoms with Crippen LogP contribution in [0, 0.1) is 12.8 Å². The molecule has 1 atom stereocenters. The predicted octanol–water partition coefficient (Wildman–Crippen LogP) is 0.397. The molecular formula is C10H19N3O3S2. The summed E-state index contributed by atoms with van der Waals surface area (Å²) in [7, 11) is -3.73. The Morgan fingerprint density at radius 2 is 2.06 bits per heavy atom. The molecule has 4 N–H and O–H groups in total. The molecule has 0 aromatic carbocycles. The van der Waals surface area contributed by atoms with E-state index in [2.05, 4.69) is 9.71 Å². The van der Waals surface area contributed by atoms with Gasteiger partial charge in [-0.3, -0.25) is 4.79 Å². The van der Waals surface area contributed by atoms with E-state index in [1.165, 1.54) is 0 Å². The monoisotopic (exact) mass is 293 g/mol. The van der Waals surface area contributed by atoms with Crippen LogP contribution in [0.2, 0.25) is 0 Å². The highest BCUT2D eigenvalue weighted by Crippen LogP contribution is 2.22. The Hall–Kier alpha value is -0.700. The first kappa shape index (κ1) is 15.4. The van der Waals surface area contributed by atoms with Gasteiger partial charge in [-0.05, 0) is 19.8 Å². The number of hydrogen-bond donors (Lipinski definition) is 3. The van der Waals surface area contributed by atoms with Crippen molar-refractivity contribution in [3.8, 4) is 0 Å². The predicted molar refractivity (Wildman–Crippen MR) is 72.3 cm³/mol. The summed E-state index contributed by atoms with van der Waals surface area (Å²) in [6.45, 7) is 7.27. The molecule has 1 aromatic heterocycles. The van der Waals surface area contributed by atoms with Crippen molar-refractivity contribution >= 4 is 21.4 Å². The number of thiazole rings is 1. The fraction of sp³-hybridized carbons (Fsp3) is 0.700. The van der Waals surface area contributed by atoms with Gasteiger partial charge in [0.1, 0.15) is 0 Å². The van der Waals surface area contributed by atoms with Crippen molar-refractivity contribution in [2.75, 3.05) is 6.54 Å². The Morgan fingerprint density at radius 1 is 1.50 bits per heavy atom. The van der Waals surface area contributed by atoms with Crippen LogP contribution < -0.4 is 15.3 Å². The maximum Gasteiger partial charge on any atom is 0.305 e. The van der Waals surface area contributed by atoms with Crippen molar-refractivity contribution in [3.63, 3.8) is 0 Å². The standard InChI is InChI=1S/C10H19N3O3S2/c1-6(2)10(4,5-11)13-18(15,16)8-7(3)12-9(14)17-8/h6,13H,5,11H2,1-4H3,(H,12,14). The molecule has 0 fully saturated rings. The van der Waals surface area contributed by atoms with Crippen molar-refractivity contribution in [2.45, 2.75) is 37.4 Å². The van der Waals surface area contributed by atoms with E-state index >= 15 is 0 Å². The van der Waals surface area contributed by atoms with Crippen LogP contribution in [-0.4, -0.2) is 25.5 Å². The minimum atomic E-state index is -3.73. The number of aromatic nitrogens is 1. The highest BCUT2D eigenvalue weighted by molar-refractivity contribution is 7.91. The fourth-order valence-electron chi connectivity index (χ4n) is 1.40. The number of nitrogens with one attached hydrogen (secondary N) is 2. The van der Waals surface area contributed by atoms with Gasteiger partial charge in [0.05, 0.1) is 0 Å². The summed E-state index contributed by atoms with van der Waals surface area (Å²) in [6.07, 6.45) is 0. The van der Waals surface area contributed by atoms with Crippen molar-refractivity contribution in [2.24, 2.45) is 11.7 Å². The molecule has 104 valence electrons. The Morgan fingerprint density at radius 3 is 2.39 bits per heavy atom. The second-order valence-electron chi connectivity index (χ2n) is 4.81. The smallest absolute Gasteiger partial charge is 0.305 e. The molecule has 1 rings (SSSR count). The molecule has 0 aliphatic heterocycles. The molecule has 1 unspecified atom stereocenters. The highest BCUT2D eigenvalue weighted by atomic mass is 32.2. The van der Waals surface area contributed by atoms with Crippen LogP contribution >= 0.6 is 11.3 Å². The third-order valence-corrected chi connectivity index (χ3v) is 6.31. The van der Waals surface area contributed by atoms with E-state index < -0.39 is 15.6 Å². The van der Waals surface area contributed by atoms with Gasteiger partial charge in [0, 0.05) is 17.8 Å². The van der Waals surface area contributed by atoms with Crippen LogP contribution in [0.4, 0.5) is 0 Å². The average Bonchev–Trinajstić information content (AvgIpc) is 2.57. The van der Waals surface area contributed by atoms with E-state index in [0.29, 0.717) is 17.0 Å². The maximum atomic E-state index is 12.2. The number of rotatable bonds is 5. The summed E-state index contributed by atoms with van der Waals surface area (Å²) in [6, 6.07) is 0. The van der Waals surface area contributed by atoms with Crippen molar-refractivity contribution in [3.05, 3.63) is 15.4 Å². The third-order valence-electron chi connectivity index (χ3n) is 3.09. The fourth-order valence-corrected chi connectivity index (χ4v) is 4.24. The Kier molecular flexibility index (Phi) is 4.37. The number of H-pyrrole nitrogens is 1. The van der Waals surface area contributed by atoms with Crippen molar-refractivity contribution in [1.29, 1.82) is 0 Å². The molecule has 0 spiro atoms. The zero-order valence-electron chi connectivity index (χ0n) is 10.9. The molecule has 0 amide bonds. The molecule has 0 bridgehead atoms. The second-order valence-corrected chi connectivity index (χ2v) is 7.67. The summed E-state index contributed by atoms with van der Waals surface area (Å²) in [5.41, 5.74) is 5.25. The number of sulfonamides is 1. The van der Waals surface area contributed by atoms with Crippen LogP contribution in [0.1, 0.15) is 26.5 Å². The molecule has 1 heterocycles. The lowest BCUT2D eigenvalue weighted by Gasteiger charge is -2.32. The Balaban J connectivity index is 3.17. The van der Waals surface area contributed by atoms with Gasteiger partial charge < -0.3 is 10.7 Å². The lowest BCUT2D eigenvalue weighted by Crippen LogP contribution is -2.54. The lowest BCUT2D eigenvalue weighted by molar-refractivity contribution is 0.315. The van der Waals surface area contributed by atoms with Gasteiger partial charge in [-0.25, -0.2) is 13.1 Å². The van der Waals surface area contributed by atoms with Gasteiger partial charge in [-0.1, -0.05) is 25.2 Å². The first-order chi connectivity index (χ1) is 8.12. The van der Waals surface area contributed by atoms with Gasteiger partial charge in [0.2, 0.25) is 0 Å². The largest absolute Gasteiger partial charge is 0.329 e. The van der Waals surface area contributed by atoms with E-state index in [-0.39, 0.29) is 21.5 Å². The van der Waals surface area contributed by atoms with E-state index in [1.54, 1.807) is 13.8 Å². The van der Waals surface area contributed by atoms with E-state index in [0.717, 1.165) is 0 Å². The average molecular weight is 293 g/mol. The summed E-state index contributed by atoms with van der Waals surface area (Å²) in [5.74, 6) is 0.0354. The lowest BCUT2D eigenvalue weighted by atomic mass is 9.90. The van der Waals surface area contributed by atoms with Crippen LogP contribution in [0.15, 0.2) is 9.00 Å². The molecule has 8 heteroatoms. The number of hydrogen-bond acceptors (Lipinski definition) is 5. The van der Waals surface area contributed by atoms with Crippen LogP contribution in [0.25, 0.3) is 0 Å². The van der Waals surface area contributed by atoms with Gasteiger partial charge in [-0.2, -0.15) is 0 Å². The highest BCUT2D eigenvalue weighted by Gasteiger charge is 2.34. The third kappa shape index (κ3) is 3.00. The summed E-state index contributed by atoms with van der Waals surface area (Å²) in [4.78, 5) is 13.2. The van der Waals surface area contributed by atoms with Gasteiger partial charge in [-0.15, -0.1) is 0 Å². The zero-order chi connectivity index (χ0) is 14.1. The van der Waals surface area contributed by atoms with Gasteiger partial charge in [0.15, 0.2) is 4.21 Å². The molecule has 0 radical (unpaired) electrons. The molecule has 6 nitrogen and oxygen atoms in total. The van der Waals surface area contributed by atoms with Crippen molar-refractivity contribution < 1.29 is 8.42 Å². The minimum absolute atomic E-state index is 0.0211. The quantitative estimate of drug-likeness (QED) is 0.730. The van der Waals surface area contributed by atoms with E-state index in [9.17, 15) is 13.2 Å². The van der Waals surface area contributed by atoms with Gasteiger partial charge in [0.25, 0.3) is 10.0 Å². The Bertz CT molecular complexity index is 573. The summed E-state index contributed by atoms with van der Waals surface area (Å²) >= 11 is 0.682. The van der Waals surface area contributed by atoms with Crippen LogP contribution in [-0.2, 0) is 10.0 Å². The molecule has 1 aromatic rings. The first-order valence-electron chi connectivity index (χ1n) is 5.56. The van der Waals surface area contributed by atoms with Crippen molar-refractivity contribution in [1.82, 2.24) is 9.71 Å². The summed E-state index contributed by atoms with van der Waals surface area (Å²) in [5, 5.41) is 0. The van der Waals surface area contributed by atoms with Gasteiger partial charge >= 0.3 is 4.87 Å². The molecule has 18 heavy (non-hydrogen) atoms. The van der Waals surface area contributed by atoms with Crippen LogP contribution in [0.5, 0.6) is 0 Å². The van der Waals surface area contributed by atoms with Crippen LogP contribution in [0.3, 0.4) is 0 Å². The summed E-state index contributed by atoms with van der Waals surface area (Å²) < 4.78 is 27.1. The number of nitrogens with two attached hydrogens (primary N) is 1. The molecular weight excluding hydrogens is 274 g/mol. The number of aryl methyl sites for hydroxylation is 1. The Labute approximate surface area is 111 Å². The molecule has 0 aliphatic carbocycles. The SMILES string of the molecule is Cc1[nH]c(=O)sc1S(=O)(=O)NC(C)(CN)C(C)C. The topological polar surface area (TPSA) is 105 Å². The molecule has 0 aliphatic rings. The normalized spacial score (nSPS) is 15.9. The number of aromatic amines is 1. The minimum Gasteiger partial charge on any atom is -0.329 e. The second kappa shape index (κ2) is 5.12. The zero-order valence-corrected chi connectivity index (χ0v) is 12.5.